The van der Waals surface area contributed by atoms with Crippen molar-refractivity contribution in [3.63, 3.8) is 0 Å². The Hall–Kier alpha value is -1.21. The van der Waals surface area contributed by atoms with Crippen LogP contribution in [-0.4, -0.2) is 35.2 Å². The maximum absolute atomic E-state index is 12.6. The van der Waals surface area contributed by atoms with Gasteiger partial charge in [0, 0.05) is 27.8 Å². The van der Waals surface area contributed by atoms with Crippen molar-refractivity contribution in [1.29, 1.82) is 0 Å². The van der Waals surface area contributed by atoms with Crippen LogP contribution in [-0.2, 0) is 9.84 Å². The van der Waals surface area contributed by atoms with E-state index in [2.05, 4.69) is 25.9 Å². The molecule has 1 aliphatic rings. The molecule has 1 saturated heterocycles. The first-order valence-corrected chi connectivity index (χ1v) is 8.88. The molecule has 20 heavy (non-hydrogen) atoms. The van der Waals surface area contributed by atoms with Crippen molar-refractivity contribution >= 4 is 42.6 Å². The second-order valence-corrected chi connectivity index (χ2v) is 8.19. The number of nitrogens with zero attached hydrogens (tertiary/aromatic N) is 1. The van der Waals surface area contributed by atoms with E-state index in [0.29, 0.717) is 29.4 Å². The van der Waals surface area contributed by atoms with Gasteiger partial charge in [0.15, 0.2) is 15.6 Å². The monoisotopic (exact) mass is 356 g/mol. The summed E-state index contributed by atoms with van der Waals surface area (Å²) in [5.41, 5.74) is 0.994. The van der Waals surface area contributed by atoms with E-state index in [-0.39, 0.29) is 11.5 Å². The van der Waals surface area contributed by atoms with Gasteiger partial charge in [-0.05, 0) is 34.8 Å². The van der Waals surface area contributed by atoms with Gasteiger partial charge in [-0.2, -0.15) is 0 Å². The highest BCUT2D eigenvalue weighted by Gasteiger charge is 2.36. The first-order chi connectivity index (χ1) is 9.49. The van der Waals surface area contributed by atoms with Crippen LogP contribution in [0, 0.1) is 0 Å². The van der Waals surface area contributed by atoms with E-state index in [0.717, 1.165) is 10.9 Å². The molecular weight excluding hydrogens is 344 g/mol. The minimum absolute atomic E-state index is 0.105. The van der Waals surface area contributed by atoms with Gasteiger partial charge in [-0.25, -0.2) is 13.4 Å². The number of hydrogen-bond donors (Lipinski definition) is 1. The van der Waals surface area contributed by atoms with Crippen molar-refractivity contribution in [1.82, 2.24) is 9.97 Å². The number of carbonyl (C=O) groups is 1. The van der Waals surface area contributed by atoms with Crippen LogP contribution >= 0.6 is 15.9 Å². The van der Waals surface area contributed by atoms with Crippen molar-refractivity contribution in [3.8, 4) is 0 Å². The molecule has 1 unspecified atom stereocenters. The highest BCUT2D eigenvalue weighted by molar-refractivity contribution is 9.10. The molecule has 0 bridgehead atoms. The predicted molar refractivity (Wildman–Crippen MR) is 79.6 cm³/mol. The molecular formula is C13H13BrN2O3S. The SMILES string of the molecule is O=C(c1c[nH]c2ncc(Br)cc12)C1CCCCS1(=O)=O. The third-order valence-corrected chi connectivity index (χ3v) is 6.24. The van der Waals surface area contributed by atoms with Gasteiger partial charge in [-0.3, -0.25) is 4.79 Å². The number of sulfone groups is 1. The first-order valence-electron chi connectivity index (χ1n) is 6.37. The van der Waals surface area contributed by atoms with Gasteiger partial charge in [-0.15, -0.1) is 0 Å². The summed E-state index contributed by atoms with van der Waals surface area (Å²) in [7, 11) is -3.32. The minimum Gasteiger partial charge on any atom is -0.345 e. The predicted octanol–water partition coefficient (Wildman–Crippen LogP) is 2.48. The molecule has 0 aromatic carbocycles. The average molecular weight is 357 g/mol. The van der Waals surface area contributed by atoms with E-state index in [9.17, 15) is 13.2 Å². The molecule has 0 saturated carbocycles. The number of rotatable bonds is 2. The van der Waals surface area contributed by atoms with Crippen LogP contribution in [0.15, 0.2) is 22.9 Å². The van der Waals surface area contributed by atoms with E-state index in [4.69, 9.17) is 0 Å². The number of halogens is 1. The molecule has 2 aromatic rings. The van der Waals surface area contributed by atoms with Gasteiger partial charge in [-0.1, -0.05) is 6.42 Å². The topological polar surface area (TPSA) is 79.9 Å². The fraction of sp³-hybridized carbons (Fsp3) is 0.385. The van der Waals surface area contributed by atoms with Gasteiger partial charge >= 0.3 is 0 Å². The van der Waals surface area contributed by atoms with Crippen molar-refractivity contribution < 1.29 is 13.2 Å². The number of hydrogen-bond acceptors (Lipinski definition) is 4. The van der Waals surface area contributed by atoms with E-state index in [1.807, 2.05) is 0 Å². The Morgan fingerprint density at radius 3 is 2.95 bits per heavy atom. The van der Waals surface area contributed by atoms with Crippen LogP contribution in [0.2, 0.25) is 0 Å². The number of fused-ring (bicyclic) bond motifs is 1. The number of aromatic nitrogens is 2. The van der Waals surface area contributed by atoms with Crippen molar-refractivity contribution in [2.45, 2.75) is 24.5 Å². The van der Waals surface area contributed by atoms with Crippen molar-refractivity contribution in [2.24, 2.45) is 0 Å². The molecule has 0 spiro atoms. The number of carbonyl (C=O) groups excluding carboxylic acids is 1. The summed E-state index contributed by atoms with van der Waals surface area (Å²) in [6.45, 7) is 0. The van der Waals surface area contributed by atoms with Crippen LogP contribution in [0.4, 0.5) is 0 Å². The van der Waals surface area contributed by atoms with Crippen LogP contribution in [0.3, 0.4) is 0 Å². The third-order valence-electron chi connectivity index (χ3n) is 3.63. The Morgan fingerprint density at radius 1 is 1.40 bits per heavy atom. The smallest absolute Gasteiger partial charge is 0.183 e. The highest BCUT2D eigenvalue weighted by Crippen LogP contribution is 2.27. The fourth-order valence-electron chi connectivity index (χ4n) is 2.60. The zero-order chi connectivity index (χ0) is 14.3. The maximum Gasteiger partial charge on any atom is 0.183 e. The fourth-order valence-corrected chi connectivity index (χ4v) is 4.81. The Bertz CT molecular complexity index is 782. The van der Waals surface area contributed by atoms with E-state index >= 15 is 0 Å². The van der Waals surface area contributed by atoms with Gasteiger partial charge in [0.2, 0.25) is 0 Å². The number of pyridine rings is 1. The number of nitrogens with one attached hydrogen (secondary N) is 1. The number of H-pyrrole nitrogens is 1. The molecule has 7 heteroatoms. The summed E-state index contributed by atoms with van der Waals surface area (Å²) < 4.78 is 24.9. The first kappa shape index (κ1) is 13.8. The van der Waals surface area contributed by atoms with Crippen LogP contribution < -0.4 is 0 Å². The lowest BCUT2D eigenvalue weighted by Gasteiger charge is -2.20. The largest absolute Gasteiger partial charge is 0.345 e. The average Bonchev–Trinajstić information content (AvgIpc) is 2.80. The molecule has 0 aliphatic carbocycles. The van der Waals surface area contributed by atoms with Gasteiger partial charge in [0.25, 0.3) is 0 Å². The number of Topliss-reactive ketones (excluding diaryl/α,β-unsaturated/α-hetero) is 1. The quantitative estimate of drug-likeness (QED) is 0.838. The normalized spacial score (nSPS) is 21.9. The summed E-state index contributed by atoms with van der Waals surface area (Å²) in [5.74, 6) is -0.218. The van der Waals surface area contributed by atoms with Gasteiger partial charge in [0.1, 0.15) is 10.9 Å². The molecule has 3 rings (SSSR count). The van der Waals surface area contributed by atoms with E-state index in [1.54, 1.807) is 18.5 Å². The number of aromatic amines is 1. The minimum atomic E-state index is -3.32. The van der Waals surface area contributed by atoms with Crippen LogP contribution in [0.1, 0.15) is 29.6 Å². The summed E-state index contributed by atoms with van der Waals surface area (Å²) >= 11 is 3.31. The van der Waals surface area contributed by atoms with Crippen molar-refractivity contribution in [2.75, 3.05) is 5.75 Å². The standard InChI is InChI=1S/C13H13BrN2O3S/c14-8-5-9-10(7-16-13(9)15-6-8)12(17)11-3-1-2-4-20(11,18)19/h5-7,11H,1-4H2,(H,15,16). The van der Waals surface area contributed by atoms with Gasteiger partial charge < -0.3 is 4.98 Å². The summed E-state index contributed by atoms with van der Waals surface area (Å²) in [5, 5.41) is -0.251. The summed E-state index contributed by atoms with van der Waals surface area (Å²) in [6, 6.07) is 1.78. The lowest BCUT2D eigenvalue weighted by Crippen LogP contribution is -2.35. The van der Waals surface area contributed by atoms with Crippen molar-refractivity contribution in [3.05, 3.63) is 28.5 Å². The summed E-state index contributed by atoms with van der Waals surface area (Å²) in [4.78, 5) is 19.6. The Morgan fingerprint density at radius 2 is 2.20 bits per heavy atom. The van der Waals surface area contributed by atoms with Crippen LogP contribution in [0.5, 0.6) is 0 Å². The van der Waals surface area contributed by atoms with Crippen LogP contribution in [0.25, 0.3) is 11.0 Å². The Balaban J connectivity index is 2.06. The Kier molecular flexibility index (Phi) is 3.41. The molecule has 1 fully saturated rings. The molecule has 0 radical (unpaired) electrons. The number of ketones is 1. The molecule has 106 valence electrons. The lowest BCUT2D eigenvalue weighted by molar-refractivity contribution is 0.0983. The molecule has 1 atom stereocenters. The lowest BCUT2D eigenvalue weighted by atomic mass is 10.0. The molecule has 3 heterocycles. The highest BCUT2D eigenvalue weighted by atomic mass is 79.9. The molecule has 2 aromatic heterocycles. The van der Waals surface area contributed by atoms with E-state index in [1.165, 1.54) is 0 Å². The zero-order valence-electron chi connectivity index (χ0n) is 10.6. The second kappa shape index (κ2) is 4.96. The molecule has 1 N–H and O–H groups in total. The van der Waals surface area contributed by atoms with Gasteiger partial charge in [0.05, 0.1) is 5.75 Å². The zero-order valence-corrected chi connectivity index (χ0v) is 13.0. The molecule has 1 aliphatic heterocycles. The second-order valence-electron chi connectivity index (χ2n) is 4.97. The molecule has 5 nitrogen and oxygen atoms in total. The van der Waals surface area contributed by atoms with E-state index < -0.39 is 15.1 Å². The third kappa shape index (κ3) is 2.29. The summed E-state index contributed by atoms with van der Waals surface area (Å²) in [6.07, 6.45) is 5.02. The Labute approximate surface area is 124 Å². The molecule has 0 amide bonds. The maximum atomic E-state index is 12.6.